The molecule has 0 bridgehead atoms. The van der Waals surface area contributed by atoms with Crippen LogP contribution in [-0.2, 0) is 4.79 Å². The van der Waals surface area contributed by atoms with E-state index in [-0.39, 0.29) is 18.2 Å². The number of amides is 1. The van der Waals surface area contributed by atoms with Crippen molar-refractivity contribution in [3.8, 4) is 5.69 Å². The fourth-order valence-corrected chi connectivity index (χ4v) is 3.75. The Kier molecular flexibility index (Phi) is 5.52. The van der Waals surface area contributed by atoms with Crippen molar-refractivity contribution in [2.75, 3.05) is 6.54 Å². The normalized spacial score (nSPS) is 14.4. The smallest absolute Gasteiger partial charge is 0.251 e. The summed E-state index contributed by atoms with van der Waals surface area (Å²) in [5, 5.41) is 11.5. The Labute approximate surface area is 169 Å². The van der Waals surface area contributed by atoms with Gasteiger partial charge in [-0.3, -0.25) is 14.2 Å². The third kappa shape index (κ3) is 3.78. The Morgan fingerprint density at radius 1 is 1.14 bits per heavy atom. The number of benzene rings is 1. The van der Waals surface area contributed by atoms with Gasteiger partial charge >= 0.3 is 0 Å². The van der Waals surface area contributed by atoms with Gasteiger partial charge in [-0.2, -0.15) is 0 Å². The Balaban J connectivity index is 1.91. The summed E-state index contributed by atoms with van der Waals surface area (Å²) in [5.41, 5.74) is 4.57. The van der Waals surface area contributed by atoms with Gasteiger partial charge in [0.2, 0.25) is 0 Å². The number of Topliss-reactive ketones (excluding diaryl/α,β-unsaturated/α-hetero) is 1. The first-order valence-corrected chi connectivity index (χ1v) is 9.44. The molecule has 0 fully saturated rings. The van der Waals surface area contributed by atoms with Gasteiger partial charge in [-0.25, -0.2) is 0 Å². The molecule has 146 valence electrons. The van der Waals surface area contributed by atoms with Gasteiger partial charge in [0.1, 0.15) is 11.6 Å². The zero-order valence-electron chi connectivity index (χ0n) is 16.7. The molecule has 28 heavy (non-hydrogen) atoms. The van der Waals surface area contributed by atoms with Gasteiger partial charge in [-0.15, -0.1) is 10.2 Å². The van der Waals surface area contributed by atoms with Gasteiger partial charge in [0, 0.05) is 29.1 Å². The molecule has 0 saturated carbocycles. The molecule has 0 spiro atoms. The highest BCUT2D eigenvalue weighted by Gasteiger charge is 2.21. The van der Waals surface area contributed by atoms with E-state index < -0.39 is 0 Å². The molecule has 7 heteroatoms. The number of carbonyl (C=O) groups excluding carboxylic acids is 2. The molecule has 0 saturated heterocycles. The maximum atomic E-state index is 12.9. The first-order valence-electron chi connectivity index (χ1n) is 9.06. The van der Waals surface area contributed by atoms with Crippen molar-refractivity contribution in [3.63, 3.8) is 0 Å². The number of aromatic nitrogens is 3. The Hall–Kier alpha value is -2.73. The Bertz CT molecular complexity index is 1030. The number of nitrogens with zero attached hydrogens (tertiary/aromatic N) is 3. The van der Waals surface area contributed by atoms with Crippen LogP contribution in [0.3, 0.4) is 0 Å². The van der Waals surface area contributed by atoms with Crippen LogP contribution in [0, 0.1) is 20.8 Å². The molecule has 0 unspecified atom stereocenters. The number of carbonyl (C=O) groups is 2. The Morgan fingerprint density at radius 3 is 2.39 bits per heavy atom. The van der Waals surface area contributed by atoms with Crippen molar-refractivity contribution in [3.05, 3.63) is 62.7 Å². The number of nitrogens with one attached hydrogen (secondary N) is 1. The monoisotopic (exact) mass is 398 g/mol. The fourth-order valence-electron chi connectivity index (χ4n) is 3.54. The maximum absolute atomic E-state index is 12.9. The van der Waals surface area contributed by atoms with Crippen molar-refractivity contribution >= 4 is 23.3 Å². The van der Waals surface area contributed by atoms with Gasteiger partial charge in [-0.1, -0.05) is 23.3 Å². The summed E-state index contributed by atoms with van der Waals surface area (Å²) in [5.74, 6) is 1.20. The van der Waals surface area contributed by atoms with Crippen LogP contribution in [-0.4, -0.2) is 33.0 Å². The molecule has 0 radical (unpaired) electrons. The highest BCUT2D eigenvalue weighted by atomic mass is 35.5. The van der Waals surface area contributed by atoms with E-state index in [4.69, 9.17) is 11.6 Å². The van der Waals surface area contributed by atoms with Crippen molar-refractivity contribution < 1.29 is 9.59 Å². The lowest BCUT2D eigenvalue weighted by atomic mass is 9.92. The lowest BCUT2D eigenvalue weighted by molar-refractivity contribution is -0.115. The van der Waals surface area contributed by atoms with Crippen molar-refractivity contribution in [1.82, 2.24) is 20.1 Å². The maximum Gasteiger partial charge on any atom is 0.251 e. The summed E-state index contributed by atoms with van der Waals surface area (Å²) < 4.78 is 1.86. The molecule has 1 aliphatic rings. The van der Waals surface area contributed by atoms with Crippen LogP contribution in [0.5, 0.6) is 0 Å². The molecule has 1 N–H and O–H groups in total. The molecule has 1 aromatic heterocycles. The van der Waals surface area contributed by atoms with E-state index in [1.807, 2.05) is 45.3 Å². The number of hydrogen-bond donors (Lipinski definition) is 1. The number of hydrogen-bond acceptors (Lipinski definition) is 4. The molecule has 0 atom stereocenters. The summed E-state index contributed by atoms with van der Waals surface area (Å²) >= 11 is 6.29. The highest BCUT2D eigenvalue weighted by molar-refractivity contribution is 6.31. The lowest BCUT2D eigenvalue weighted by Crippen LogP contribution is -2.30. The molecule has 0 aliphatic heterocycles. The summed E-state index contributed by atoms with van der Waals surface area (Å²) in [6, 6.07) is 3.43. The van der Waals surface area contributed by atoms with E-state index >= 15 is 0 Å². The van der Waals surface area contributed by atoms with Crippen LogP contribution in [0.25, 0.3) is 5.69 Å². The van der Waals surface area contributed by atoms with E-state index in [1.165, 1.54) is 0 Å². The minimum absolute atomic E-state index is 0.0528. The number of halogens is 1. The second kappa shape index (κ2) is 7.72. The van der Waals surface area contributed by atoms with Gasteiger partial charge in [0.15, 0.2) is 5.78 Å². The van der Waals surface area contributed by atoms with Crippen LogP contribution < -0.4 is 5.32 Å². The number of ketones is 1. The lowest BCUT2D eigenvalue weighted by Gasteiger charge is -2.18. The van der Waals surface area contributed by atoms with Crippen molar-refractivity contribution in [2.45, 2.75) is 41.0 Å². The largest absolute Gasteiger partial charge is 0.348 e. The predicted octanol–water partition coefficient (Wildman–Crippen LogP) is 3.81. The SMILES string of the molecule is CC1=CC(C)=C(CNC(=O)c2cc(Cl)cc(-n3c(C)nnc3C)c2C)C(=O)C1. The predicted molar refractivity (Wildman–Crippen MR) is 109 cm³/mol. The van der Waals surface area contributed by atoms with Crippen LogP contribution in [0.1, 0.15) is 47.8 Å². The van der Waals surface area contributed by atoms with Gasteiger partial charge in [-0.05, 0) is 57.9 Å². The first kappa shape index (κ1) is 20.0. The van der Waals surface area contributed by atoms with Crippen LogP contribution in [0.2, 0.25) is 5.02 Å². The molecular formula is C21H23ClN4O2. The topological polar surface area (TPSA) is 76.9 Å². The minimum atomic E-state index is -0.274. The third-order valence-corrected chi connectivity index (χ3v) is 5.18. The minimum Gasteiger partial charge on any atom is -0.348 e. The second-order valence-corrected chi connectivity index (χ2v) is 7.60. The molecule has 1 aliphatic carbocycles. The van der Waals surface area contributed by atoms with Crippen molar-refractivity contribution in [2.24, 2.45) is 0 Å². The van der Waals surface area contributed by atoms with Crippen molar-refractivity contribution in [1.29, 1.82) is 0 Å². The van der Waals surface area contributed by atoms with Crippen LogP contribution >= 0.6 is 11.6 Å². The zero-order valence-corrected chi connectivity index (χ0v) is 17.4. The molecule has 1 aromatic carbocycles. The first-order chi connectivity index (χ1) is 13.2. The fraction of sp³-hybridized carbons (Fsp3) is 0.333. The third-order valence-electron chi connectivity index (χ3n) is 4.96. The second-order valence-electron chi connectivity index (χ2n) is 7.16. The Morgan fingerprint density at radius 2 is 1.79 bits per heavy atom. The zero-order chi connectivity index (χ0) is 20.6. The van der Waals surface area contributed by atoms with E-state index in [9.17, 15) is 9.59 Å². The molecule has 3 rings (SSSR count). The summed E-state index contributed by atoms with van der Waals surface area (Å²) in [6.07, 6.45) is 2.39. The summed E-state index contributed by atoms with van der Waals surface area (Å²) in [4.78, 5) is 25.2. The molecular weight excluding hydrogens is 376 g/mol. The molecule has 1 heterocycles. The van der Waals surface area contributed by atoms with Gasteiger partial charge in [0.05, 0.1) is 5.69 Å². The number of rotatable bonds is 4. The molecule has 2 aromatic rings. The van der Waals surface area contributed by atoms with E-state index in [1.54, 1.807) is 12.1 Å². The quantitative estimate of drug-likeness (QED) is 0.849. The standard InChI is InChI=1S/C21H23ClN4O2/c1-11-6-12(2)18(20(27)7-11)10-23-21(28)17-8-16(22)9-19(13(17)3)26-14(4)24-25-15(26)5/h6,8-9H,7,10H2,1-5H3,(H,23,28). The molecule has 6 nitrogen and oxygen atoms in total. The molecule has 1 amide bonds. The van der Waals surface area contributed by atoms with Crippen LogP contribution in [0.4, 0.5) is 0 Å². The highest BCUT2D eigenvalue weighted by Crippen LogP contribution is 2.26. The van der Waals surface area contributed by atoms with Crippen LogP contribution in [0.15, 0.2) is 34.9 Å². The summed E-state index contributed by atoms with van der Waals surface area (Å²) in [7, 11) is 0. The van der Waals surface area contributed by atoms with E-state index in [0.717, 1.165) is 22.4 Å². The average Bonchev–Trinajstić information content (AvgIpc) is 2.94. The number of allylic oxidation sites excluding steroid dienone is 3. The average molecular weight is 399 g/mol. The van der Waals surface area contributed by atoms with Gasteiger partial charge < -0.3 is 5.32 Å². The summed E-state index contributed by atoms with van der Waals surface area (Å²) in [6.45, 7) is 9.57. The van der Waals surface area contributed by atoms with Gasteiger partial charge in [0.25, 0.3) is 5.91 Å². The van der Waals surface area contributed by atoms with E-state index in [2.05, 4.69) is 15.5 Å². The van der Waals surface area contributed by atoms with E-state index in [0.29, 0.717) is 34.2 Å². The number of aryl methyl sites for hydroxylation is 2.